The van der Waals surface area contributed by atoms with E-state index < -0.39 is 0 Å². The fourth-order valence-corrected chi connectivity index (χ4v) is 2.28. The molecule has 0 atom stereocenters. The molecule has 102 valence electrons. The molecule has 0 bridgehead atoms. The maximum Gasteiger partial charge on any atom is 0.149 e. The summed E-state index contributed by atoms with van der Waals surface area (Å²) < 4.78 is 0. The average Bonchev–Trinajstić information content (AvgIpc) is 2.58. The van der Waals surface area contributed by atoms with E-state index in [-0.39, 0.29) is 5.76 Å². The number of nitrogens with zero attached hydrogens (tertiary/aromatic N) is 1. The molecule has 0 spiro atoms. The molecule has 0 saturated heterocycles. The molecule has 1 aromatic heterocycles. The first-order valence-electron chi connectivity index (χ1n) is 6.82. The van der Waals surface area contributed by atoms with Crippen LogP contribution in [0.25, 0.3) is 11.3 Å². The van der Waals surface area contributed by atoms with Crippen LogP contribution in [0.5, 0.6) is 0 Å². The quantitative estimate of drug-likeness (QED) is 0.710. The van der Waals surface area contributed by atoms with Crippen molar-refractivity contribution in [1.29, 1.82) is 0 Å². The van der Waals surface area contributed by atoms with Crippen LogP contribution < -0.4 is 0 Å². The number of aromatic nitrogens is 1. The van der Waals surface area contributed by atoms with E-state index >= 15 is 0 Å². The van der Waals surface area contributed by atoms with Crippen molar-refractivity contribution in [3.05, 3.63) is 102 Å². The summed E-state index contributed by atoms with van der Waals surface area (Å²) in [6, 6.07) is 25.2. The Kier molecular flexibility index (Phi) is 3.79. The van der Waals surface area contributed by atoms with Crippen molar-refractivity contribution in [3.63, 3.8) is 0 Å². The van der Waals surface area contributed by atoms with Gasteiger partial charge < -0.3 is 5.11 Å². The zero-order chi connectivity index (χ0) is 14.5. The summed E-state index contributed by atoms with van der Waals surface area (Å²) in [5.74, 6) is 0.188. The monoisotopic (exact) mass is 273 g/mol. The molecule has 2 heteroatoms. The van der Waals surface area contributed by atoms with Gasteiger partial charge in [-0.25, -0.2) is 0 Å². The van der Waals surface area contributed by atoms with Crippen LogP contribution in [0.1, 0.15) is 16.8 Å². The van der Waals surface area contributed by atoms with E-state index in [1.54, 1.807) is 12.3 Å². The van der Waals surface area contributed by atoms with Crippen LogP contribution in [0.2, 0.25) is 0 Å². The van der Waals surface area contributed by atoms with E-state index in [0.29, 0.717) is 5.69 Å². The van der Waals surface area contributed by atoms with E-state index in [9.17, 15) is 5.11 Å². The predicted molar refractivity (Wildman–Crippen MR) is 85.7 cm³/mol. The zero-order valence-corrected chi connectivity index (χ0v) is 11.5. The van der Waals surface area contributed by atoms with Crippen LogP contribution in [-0.2, 0) is 0 Å². The van der Waals surface area contributed by atoms with Crippen LogP contribution in [0.15, 0.2) is 85.1 Å². The lowest BCUT2D eigenvalue weighted by Gasteiger charge is -2.11. The number of rotatable bonds is 3. The van der Waals surface area contributed by atoms with Crippen molar-refractivity contribution >= 4 is 11.3 Å². The number of aliphatic hydroxyl groups is 1. The molecule has 0 aliphatic rings. The molecule has 21 heavy (non-hydrogen) atoms. The van der Waals surface area contributed by atoms with E-state index in [0.717, 1.165) is 16.7 Å². The van der Waals surface area contributed by atoms with Crippen molar-refractivity contribution in [2.45, 2.75) is 0 Å². The summed E-state index contributed by atoms with van der Waals surface area (Å²) in [6.45, 7) is 0. The van der Waals surface area contributed by atoms with Gasteiger partial charge in [0.15, 0.2) is 0 Å². The van der Waals surface area contributed by atoms with Gasteiger partial charge in [-0.15, -0.1) is 0 Å². The molecule has 0 saturated carbocycles. The van der Waals surface area contributed by atoms with Crippen molar-refractivity contribution in [2.24, 2.45) is 0 Å². The molecule has 0 radical (unpaired) electrons. The molecule has 3 rings (SSSR count). The van der Waals surface area contributed by atoms with E-state index in [2.05, 4.69) is 4.98 Å². The highest BCUT2D eigenvalue weighted by Crippen LogP contribution is 2.29. The van der Waals surface area contributed by atoms with Gasteiger partial charge in [-0.2, -0.15) is 0 Å². The summed E-state index contributed by atoms with van der Waals surface area (Å²) in [7, 11) is 0. The number of aliphatic hydroxyl groups excluding tert-OH is 1. The van der Waals surface area contributed by atoms with E-state index in [1.807, 2.05) is 72.8 Å². The van der Waals surface area contributed by atoms with Crippen molar-refractivity contribution < 1.29 is 5.11 Å². The number of pyridine rings is 1. The first-order chi connectivity index (χ1) is 10.4. The Morgan fingerprint density at radius 2 is 1.19 bits per heavy atom. The van der Waals surface area contributed by atoms with Gasteiger partial charge in [0.25, 0.3) is 0 Å². The smallest absolute Gasteiger partial charge is 0.149 e. The van der Waals surface area contributed by atoms with Crippen molar-refractivity contribution in [2.75, 3.05) is 0 Å². The lowest BCUT2D eigenvalue weighted by atomic mass is 9.95. The third kappa shape index (κ3) is 2.84. The number of hydrogen-bond donors (Lipinski definition) is 1. The first-order valence-corrected chi connectivity index (χ1v) is 6.82. The van der Waals surface area contributed by atoms with Gasteiger partial charge in [0.05, 0.1) is 0 Å². The van der Waals surface area contributed by atoms with Crippen molar-refractivity contribution in [3.8, 4) is 0 Å². The second-order valence-electron chi connectivity index (χ2n) is 4.67. The number of benzene rings is 2. The van der Waals surface area contributed by atoms with Crippen LogP contribution in [0.3, 0.4) is 0 Å². The minimum Gasteiger partial charge on any atom is -0.505 e. The summed E-state index contributed by atoms with van der Waals surface area (Å²) in [6.07, 6.45) is 1.68. The predicted octanol–water partition coefficient (Wildman–Crippen LogP) is 4.56. The highest BCUT2D eigenvalue weighted by molar-refractivity contribution is 5.94. The fourth-order valence-electron chi connectivity index (χ4n) is 2.28. The van der Waals surface area contributed by atoms with Crippen LogP contribution in [0, 0.1) is 0 Å². The Hall–Kier alpha value is -2.87. The Bertz CT molecular complexity index is 693. The summed E-state index contributed by atoms with van der Waals surface area (Å²) in [4.78, 5) is 4.24. The Morgan fingerprint density at radius 3 is 1.67 bits per heavy atom. The molecule has 0 amide bonds. The molecule has 1 heterocycles. The van der Waals surface area contributed by atoms with E-state index in [4.69, 9.17) is 0 Å². The third-order valence-electron chi connectivity index (χ3n) is 3.27. The molecule has 2 aromatic carbocycles. The summed E-state index contributed by atoms with van der Waals surface area (Å²) >= 11 is 0. The van der Waals surface area contributed by atoms with Gasteiger partial charge in [-0.05, 0) is 23.3 Å². The summed E-state index contributed by atoms with van der Waals surface area (Å²) in [5, 5.41) is 10.7. The highest BCUT2D eigenvalue weighted by Gasteiger charge is 2.13. The number of hydrogen-bond acceptors (Lipinski definition) is 2. The largest absolute Gasteiger partial charge is 0.505 e. The lowest BCUT2D eigenvalue weighted by molar-refractivity contribution is 0.510. The van der Waals surface area contributed by atoms with E-state index in [1.165, 1.54) is 0 Å². The highest BCUT2D eigenvalue weighted by atomic mass is 16.3. The van der Waals surface area contributed by atoms with Gasteiger partial charge in [0, 0.05) is 11.8 Å². The molecule has 0 fully saturated rings. The molecular weight excluding hydrogens is 258 g/mol. The van der Waals surface area contributed by atoms with Gasteiger partial charge >= 0.3 is 0 Å². The van der Waals surface area contributed by atoms with Gasteiger partial charge in [0.1, 0.15) is 11.5 Å². The van der Waals surface area contributed by atoms with Crippen LogP contribution in [0.4, 0.5) is 0 Å². The van der Waals surface area contributed by atoms with Gasteiger partial charge in [0.2, 0.25) is 0 Å². The normalized spacial score (nSPS) is 10.1. The topological polar surface area (TPSA) is 33.1 Å². The minimum atomic E-state index is 0.188. The zero-order valence-electron chi connectivity index (χ0n) is 11.5. The third-order valence-corrected chi connectivity index (χ3v) is 3.27. The Labute approximate surface area is 124 Å². The van der Waals surface area contributed by atoms with Gasteiger partial charge in [-0.3, -0.25) is 4.98 Å². The summed E-state index contributed by atoms with van der Waals surface area (Å²) in [5.41, 5.74) is 3.29. The SMILES string of the molecule is OC(=C(c1ccccc1)c1ccccc1)c1ccccn1. The molecule has 0 aliphatic heterocycles. The average molecular weight is 273 g/mol. The van der Waals surface area contributed by atoms with Crippen LogP contribution >= 0.6 is 0 Å². The standard InChI is InChI=1S/C19H15NO/c21-19(17-13-7-8-14-20-17)18(15-9-3-1-4-10-15)16-11-5-2-6-12-16/h1-14,21H. The van der Waals surface area contributed by atoms with Crippen molar-refractivity contribution in [1.82, 2.24) is 4.98 Å². The Balaban J connectivity index is 2.22. The fraction of sp³-hybridized carbons (Fsp3) is 0. The van der Waals surface area contributed by atoms with Gasteiger partial charge in [-0.1, -0.05) is 66.7 Å². The first kappa shape index (κ1) is 13.1. The molecule has 0 unspecified atom stereocenters. The molecule has 1 N–H and O–H groups in total. The second kappa shape index (κ2) is 6.06. The molecule has 0 aliphatic carbocycles. The van der Waals surface area contributed by atoms with Crippen LogP contribution in [-0.4, -0.2) is 10.1 Å². The molecular formula is C19H15NO. The Morgan fingerprint density at radius 1 is 0.667 bits per heavy atom. The molecule has 2 nitrogen and oxygen atoms in total. The lowest BCUT2D eigenvalue weighted by Crippen LogP contribution is -1.96. The minimum absolute atomic E-state index is 0.188. The second-order valence-corrected chi connectivity index (χ2v) is 4.67. The maximum atomic E-state index is 10.7. The maximum absolute atomic E-state index is 10.7. The molecule has 3 aromatic rings.